The van der Waals surface area contributed by atoms with Crippen molar-refractivity contribution < 1.29 is 37.6 Å². The van der Waals surface area contributed by atoms with Crippen molar-refractivity contribution in [3.8, 4) is 0 Å². The number of phosphoric ester groups is 1. The molecule has 67 heavy (non-hydrogen) atoms. The van der Waals surface area contributed by atoms with Gasteiger partial charge < -0.3 is 20.1 Å². The normalized spacial score (nSPS) is 13.7. The lowest BCUT2D eigenvalue weighted by Crippen LogP contribution is -2.29. The molecule has 0 aliphatic carbocycles. The summed E-state index contributed by atoms with van der Waals surface area (Å²) in [6, 6.07) is 0. The summed E-state index contributed by atoms with van der Waals surface area (Å²) in [5.41, 5.74) is 5.38. The number of carbonyl (C=O) groups excluding carboxylic acids is 2. The lowest BCUT2D eigenvalue weighted by Gasteiger charge is -2.19. The van der Waals surface area contributed by atoms with Crippen LogP contribution in [0.4, 0.5) is 0 Å². The van der Waals surface area contributed by atoms with Crippen LogP contribution in [-0.2, 0) is 32.7 Å². The lowest BCUT2D eigenvalue weighted by atomic mass is 10.1. The molecule has 0 spiro atoms. The fraction of sp³-hybridized carbons (Fsp3) is 0.754. The molecule has 0 aliphatic rings. The summed E-state index contributed by atoms with van der Waals surface area (Å²) < 4.78 is 33.0. The van der Waals surface area contributed by atoms with Gasteiger partial charge in [-0.15, -0.1) is 0 Å². The van der Waals surface area contributed by atoms with Gasteiger partial charge in [-0.2, -0.15) is 0 Å². The molecular formula is C57H102NO8P. The van der Waals surface area contributed by atoms with Crippen LogP contribution >= 0.6 is 7.82 Å². The Morgan fingerprint density at radius 1 is 0.463 bits per heavy atom. The molecule has 0 bridgehead atoms. The van der Waals surface area contributed by atoms with E-state index in [1.165, 1.54) is 135 Å². The number of hydrogen-bond acceptors (Lipinski definition) is 8. The van der Waals surface area contributed by atoms with Gasteiger partial charge in [0.1, 0.15) is 6.61 Å². The maximum atomic E-state index is 12.7. The highest BCUT2D eigenvalue weighted by molar-refractivity contribution is 7.47. The zero-order chi connectivity index (χ0) is 48.8. The standard InChI is InChI=1S/C57H102NO8P/c1-3-5-7-9-11-13-15-17-19-21-23-25-26-27-28-30-32-34-36-38-40-42-44-46-48-50-57(60)66-55(54-65-67(61,62)64-52-51-58)53-63-56(59)49-47-45-43-41-39-37-35-33-31-29-24-22-20-18-16-14-12-10-8-6-4-2/h5,7,11,13,17,19,22-25,27-28,55H,3-4,6,8-10,12,14-16,18,20-21,26,29-54,58H2,1-2H3,(H,61,62)/b7-5-,13-11-,19-17-,24-22-,25-23-,28-27-. The van der Waals surface area contributed by atoms with Crippen molar-refractivity contribution >= 4 is 19.8 Å². The number of nitrogens with two attached hydrogens (primary N) is 1. The van der Waals surface area contributed by atoms with E-state index in [0.29, 0.717) is 6.42 Å². The van der Waals surface area contributed by atoms with E-state index in [1.54, 1.807) is 0 Å². The summed E-state index contributed by atoms with van der Waals surface area (Å²) in [6.07, 6.45) is 66.6. The fourth-order valence-corrected chi connectivity index (χ4v) is 8.31. The monoisotopic (exact) mass is 960 g/mol. The van der Waals surface area contributed by atoms with Crippen LogP contribution in [0, 0.1) is 0 Å². The van der Waals surface area contributed by atoms with Crippen LogP contribution in [0.15, 0.2) is 72.9 Å². The van der Waals surface area contributed by atoms with Crippen molar-refractivity contribution in [2.24, 2.45) is 5.73 Å². The molecule has 0 amide bonds. The predicted molar refractivity (Wildman–Crippen MR) is 284 cm³/mol. The Balaban J connectivity index is 4.04. The molecule has 0 heterocycles. The molecule has 9 nitrogen and oxygen atoms in total. The van der Waals surface area contributed by atoms with Gasteiger partial charge in [0.2, 0.25) is 0 Å². The second kappa shape index (κ2) is 52.8. The van der Waals surface area contributed by atoms with Gasteiger partial charge in [-0.3, -0.25) is 18.6 Å². The molecule has 2 atom stereocenters. The van der Waals surface area contributed by atoms with Gasteiger partial charge in [-0.05, 0) is 83.5 Å². The SMILES string of the molecule is CC/C=C\C/C=C\C/C=C\C/C=C\C/C=C\CCCCCCCCCCCC(=O)OC(COC(=O)CCCCCCCCCCC/C=C\CCCCCCCCCC)COP(=O)(O)OCCN. The number of allylic oxidation sites excluding steroid dienone is 12. The van der Waals surface area contributed by atoms with Crippen LogP contribution in [0.25, 0.3) is 0 Å². The van der Waals surface area contributed by atoms with Crippen molar-refractivity contribution in [2.45, 2.75) is 251 Å². The molecule has 0 aromatic heterocycles. The topological polar surface area (TPSA) is 134 Å². The van der Waals surface area contributed by atoms with Crippen LogP contribution in [-0.4, -0.2) is 49.3 Å². The van der Waals surface area contributed by atoms with E-state index in [0.717, 1.165) is 77.0 Å². The predicted octanol–water partition coefficient (Wildman–Crippen LogP) is 17.0. The zero-order valence-corrected chi connectivity index (χ0v) is 44.0. The Labute approximate surface area is 411 Å². The molecule has 0 radical (unpaired) electrons. The molecule has 388 valence electrons. The lowest BCUT2D eigenvalue weighted by molar-refractivity contribution is -0.161. The second-order valence-corrected chi connectivity index (χ2v) is 19.5. The Hall–Kier alpha value is -2.55. The molecule has 0 saturated heterocycles. The quantitative estimate of drug-likeness (QED) is 0.0264. The minimum absolute atomic E-state index is 0.0495. The summed E-state index contributed by atoms with van der Waals surface area (Å²) in [5.74, 6) is -0.834. The van der Waals surface area contributed by atoms with Crippen LogP contribution in [0.2, 0.25) is 0 Å². The Bertz CT molecular complexity index is 1320. The Morgan fingerprint density at radius 3 is 1.24 bits per heavy atom. The van der Waals surface area contributed by atoms with E-state index >= 15 is 0 Å². The van der Waals surface area contributed by atoms with Crippen molar-refractivity contribution in [3.05, 3.63) is 72.9 Å². The van der Waals surface area contributed by atoms with E-state index in [4.69, 9.17) is 24.3 Å². The zero-order valence-electron chi connectivity index (χ0n) is 43.1. The van der Waals surface area contributed by atoms with Crippen LogP contribution in [0.1, 0.15) is 245 Å². The van der Waals surface area contributed by atoms with E-state index in [-0.39, 0.29) is 38.6 Å². The van der Waals surface area contributed by atoms with Crippen molar-refractivity contribution in [3.63, 3.8) is 0 Å². The minimum Gasteiger partial charge on any atom is -0.462 e. The maximum Gasteiger partial charge on any atom is 0.472 e. The number of phosphoric acid groups is 1. The fourth-order valence-electron chi connectivity index (χ4n) is 7.54. The van der Waals surface area contributed by atoms with Crippen molar-refractivity contribution in [1.29, 1.82) is 0 Å². The van der Waals surface area contributed by atoms with E-state index in [1.807, 2.05) is 0 Å². The summed E-state index contributed by atoms with van der Waals surface area (Å²) >= 11 is 0. The van der Waals surface area contributed by atoms with Crippen LogP contribution in [0.5, 0.6) is 0 Å². The number of esters is 2. The third kappa shape index (κ3) is 52.7. The molecule has 3 N–H and O–H groups in total. The van der Waals surface area contributed by atoms with Gasteiger partial charge in [0.25, 0.3) is 0 Å². The van der Waals surface area contributed by atoms with Crippen molar-refractivity contribution in [1.82, 2.24) is 0 Å². The maximum absolute atomic E-state index is 12.7. The molecule has 2 unspecified atom stereocenters. The third-order valence-corrected chi connectivity index (χ3v) is 12.6. The molecule has 0 aliphatic heterocycles. The molecule has 0 aromatic rings. The summed E-state index contributed by atoms with van der Waals surface area (Å²) in [6.45, 7) is 3.64. The van der Waals surface area contributed by atoms with E-state index < -0.39 is 26.5 Å². The number of carbonyl (C=O) groups is 2. The smallest absolute Gasteiger partial charge is 0.462 e. The average Bonchev–Trinajstić information content (AvgIpc) is 3.32. The molecule has 0 saturated carbocycles. The molecular weight excluding hydrogens is 858 g/mol. The van der Waals surface area contributed by atoms with Gasteiger partial charge in [0.15, 0.2) is 6.10 Å². The van der Waals surface area contributed by atoms with Gasteiger partial charge in [-0.25, -0.2) is 4.57 Å². The first-order chi connectivity index (χ1) is 32.8. The summed E-state index contributed by atoms with van der Waals surface area (Å²) in [5, 5.41) is 0. The van der Waals surface area contributed by atoms with Gasteiger partial charge in [0, 0.05) is 19.4 Å². The number of rotatable bonds is 51. The molecule has 0 fully saturated rings. The first-order valence-corrected chi connectivity index (χ1v) is 28.9. The highest BCUT2D eigenvalue weighted by Gasteiger charge is 2.26. The summed E-state index contributed by atoms with van der Waals surface area (Å²) in [4.78, 5) is 35.1. The highest BCUT2D eigenvalue weighted by atomic mass is 31.2. The van der Waals surface area contributed by atoms with Crippen LogP contribution in [0.3, 0.4) is 0 Å². The van der Waals surface area contributed by atoms with Crippen LogP contribution < -0.4 is 5.73 Å². The number of ether oxygens (including phenoxy) is 2. The summed E-state index contributed by atoms with van der Waals surface area (Å²) in [7, 11) is -4.39. The first-order valence-electron chi connectivity index (χ1n) is 27.4. The minimum atomic E-state index is -4.39. The van der Waals surface area contributed by atoms with Crippen molar-refractivity contribution in [2.75, 3.05) is 26.4 Å². The van der Waals surface area contributed by atoms with E-state index in [9.17, 15) is 19.0 Å². The Morgan fingerprint density at radius 2 is 0.821 bits per heavy atom. The number of hydrogen-bond donors (Lipinski definition) is 2. The van der Waals surface area contributed by atoms with Gasteiger partial charge in [0.05, 0.1) is 13.2 Å². The largest absolute Gasteiger partial charge is 0.472 e. The second-order valence-electron chi connectivity index (χ2n) is 18.1. The molecule has 0 rings (SSSR count). The van der Waals surface area contributed by atoms with E-state index in [2.05, 4.69) is 86.8 Å². The van der Waals surface area contributed by atoms with Gasteiger partial charge >= 0.3 is 19.8 Å². The first kappa shape index (κ1) is 64.5. The highest BCUT2D eigenvalue weighted by Crippen LogP contribution is 2.43. The Kier molecular flexibility index (Phi) is 50.8. The third-order valence-electron chi connectivity index (χ3n) is 11.6. The van der Waals surface area contributed by atoms with Gasteiger partial charge in [-0.1, -0.05) is 222 Å². The average molecular weight is 960 g/mol. The number of unbranched alkanes of at least 4 members (excludes halogenated alkanes) is 26. The molecule has 0 aromatic carbocycles. The molecule has 10 heteroatoms.